The Morgan fingerprint density at radius 1 is 0.275 bits per heavy atom. The molecular formula is C50H30O. The topological polar surface area (TPSA) is 13.1 Å². The predicted octanol–water partition coefficient (Wildman–Crippen LogP) is 14.3. The molecule has 1 nitrogen and oxygen atoms in total. The van der Waals surface area contributed by atoms with Crippen molar-refractivity contribution in [2.75, 3.05) is 0 Å². The van der Waals surface area contributed by atoms with Crippen LogP contribution in [-0.4, -0.2) is 0 Å². The molecule has 0 saturated carbocycles. The fourth-order valence-electron chi connectivity index (χ4n) is 8.53. The van der Waals surface area contributed by atoms with Crippen molar-refractivity contribution in [3.8, 4) is 44.5 Å². The second-order valence-electron chi connectivity index (χ2n) is 13.6. The van der Waals surface area contributed by atoms with E-state index in [0.29, 0.717) is 0 Å². The van der Waals surface area contributed by atoms with E-state index in [9.17, 15) is 0 Å². The molecule has 1 heteroatoms. The van der Waals surface area contributed by atoms with Crippen LogP contribution in [0.15, 0.2) is 186 Å². The highest BCUT2D eigenvalue weighted by Crippen LogP contribution is 2.46. The third kappa shape index (κ3) is 4.28. The van der Waals surface area contributed by atoms with Crippen LogP contribution in [0, 0.1) is 0 Å². The first-order valence-corrected chi connectivity index (χ1v) is 17.6. The minimum atomic E-state index is 0.939. The lowest BCUT2D eigenvalue weighted by Gasteiger charge is -2.19. The first-order chi connectivity index (χ1) is 25.3. The normalized spacial score (nSPS) is 11.9. The average molecular weight is 647 g/mol. The zero-order valence-corrected chi connectivity index (χ0v) is 27.7. The predicted molar refractivity (Wildman–Crippen MR) is 217 cm³/mol. The lowest BCUT2D eigenvalue weighted by Crippen LogP contribution is -1.92. The van der Waals surface area contributed by atoms with E-state index in [-0.39, 0.29) is 0 Å². The molecule has 0 atom stereocenters. The van der Waals surface area contributed by atoms with Gasteiger partial charge in [0.1, 0.15) is 11.2 Å². The summed E-state index contributed by atoms with van der Waals surface area (Å²) < 4.78 is 6.29. The summed E-state index contributed by atoms with van der Waals surface area (Å²) in [5.74, 6) is 0. The van der Waals surface area contributed by atoms with Crippen molar-refractivity contribution in [3.63, 3.8) is 0 Å². The molecule has 0 saturated heterocycles. The summed E-state index contributed by atoms with van der Waals surface area (Å²) in [7, 11) is 0. The number of benzene rings is 10. The molecule has 0 aliphatic heterocycles. The van der Waals surface area contributed by atoms with E-state index in [1.165, 1.54) is 98.4 Å². The number of hydrogen-bond acceptors (Lipinski definition) is 1. The molecule has 0 N–H and O–H groups in total. The van der Waals surface area contributed by atoms with Gasteiger partial charge in [-0.1, -0.05) is 146 Å². The SMILES string of the molecule is c1cc(-c2ccc3ccccc3c2)cc(-c2c3ccccc3c(-c3cccc(-c4cc5cccc6oc7cccc4c7c56)c3)c3ccccc23)c1. The lowest BCUT2D eigenvalue weighted by atomic mass is 9.84. The summed E-state index contributed by atoms with van der Waals surface area (Å²) in [6.45, 7) is 0. The van der Waals surface area contributed by atoms with Crippen molar-refractivity contribution < 1.29 is 4.42 Å². The number of hydrogen-bond donors (Lipinski definition) is 0. The van der Waals surface area contributed by atoms with Gasteiger partial charge < -0.3 is 4.42 Å². The largest absolute Gasteiger partial charge is 0.456 e. The summed E-state index contributed by atoms with van der Waals surface area (Å²) in [6.07, 6.45) is 0. The Hall–Kier alpha value is -6.70. The second kappa shape index (κ2) is 10.9. The highest BCUT2D eigenvalue weighted by Gasteiger charge is 2.19. The van der Waals surface area contributed by atoms with E-state index in [1.807, 2.05) is 0 Å². The van der Waals surface area contributed by atoms with Crippen LogP contribution in [0.3, 0.4) is 0 Å². The van der Waals surface area contributed by atoms with Gasteiger partial charge >= 0.3 is 0 Å². The quantitative estimate of drug-likeness (QED) is 0.137. The first kappa shape index (κ1) is 28.2. The van der Waals surface area contributed by atoms with Gasteiger partial charge in [0.05, 0.1) is 0 Å². The summed E-state index contributed by atoms with van der Waals surface area (Å²) >= 11 is 0. The molecule has 0 fully saturated rings. The maximum absolute atomic E-state index is 6.29. The Bertz CT molecular complexity index is 3080. The van der Waals surface area contributed by atoms with Crippen LogP contribution in [0.1, 0.15) is 0 Å². The fourth-order valence-corrected chi connectivity index (χ4v) is 8.53. The number of rotatable bonds is 4. The van der Waals surface area contributed by atoms with Gasteiger partial charge in [-0.05, 0) is 124 Å². The standard InChI is InChI=1S/C50H30O/c1-2-12-32-27-34(26-25-31(32)11-1)33-13-7-15-36(28-33)47-39-18-3-5-20-41(39)48(42-21-6-4-19-40(42)47)37-16-8-14-35(29-37)44-30-38-17-9-23-45-49(38)50-43(44)22-10-24-46(50)51-45/h1-30H. The Morgan fingerprint density at radius 2 is 0.765 bits per heavy atom. The van der Waals surface area contributed by atoms with Crippen molar-refractivity contribution in [2.24, 2.45) is 0 Å². The summed E-state index contributed by atoms with van der Waals surface area (Å²) in [6, 6.07) is 66.5. The molecule has 0 bridgehead atoms. The molecule has 0 aliphatic rings. The second-order valence-corrected chi connectivity index (χ2v) is 13.6. The molecule has 0 amide bonds. The minimum absolute atomic E-state index is 0.939. The fraction of sp³-hybridized carbons (Fsp3) is 0. The van der Waals surface area contributed by atoms with Crippen LogP contribution < -0.4 is 0 Å². The van der Waals surface area contributed by atoms with Crippen molar-refractivity contribution in [1.29, 1.82) is 0 Å². The zero-order valence-electron chi connectivity index (χ0n) is 27.7. The van der Waals surface area contributed by atoms with Crippen LogP contribution in [0.4, 0.5) is 0 Å². The third-order valence-electron chi connectivity index (χ3n) is 10.8. The van der Waals surface area contributed by atoms with Crippen molar-refractivity contribution in [2.45, 2.75) is 0 Å². The first-order valence-electron chi connectivity index (χ1n) is 17.6. The Morgan fingerprint density at radius 3 is 1.47 bits per heavy atom. The molecule has 0 aliphatic carbocycles. The van der Waals surface area contributed by atoms with E-state index >= 15 is 0 Å². The maximum Gasteiger partial charge on any atom is 0.136 e. The van der Waals surface area contributed by atoms with Crippen LogP contribution in [0.25, 0.3) is 110 Å². The van der Waals surface area contributed by atoms with E-state index in [0.717, 1.165) is 11.2 Å². The molecule has 1 heterocycles. The van der Waals surface area contributed by atoms with E-state index in [2.05, 4.69) is 182 Å². The van der Waals surface area contributed by atoms with Crippen molar-refractivity contribution in [3.05, 3.63) is 182 Å². The summed E-state index contributed by atoms with van der Waals surface area (Å²) in [5.41, 5.74) is 11.7. The van der Waals surface area contributed by atoms with Gasteiger partial charge in [-0.2, -0.15) is 0 Å². The van der Waals surface area contributed by atoms with Gasteiger partial charge in [-0.25, -0.2) is 0 Å². The molecule has 11 aromatic rings. The summed E-state index contributed by atoms with van der Waals surface area (Å²) in [5, 5.41) is 12.4. The zero-order chi connectivity index (χ0) is 33.5. The highest BCUT2D eigenvalue weighted by molar-refractivity contribution is 6.26. The molecule has 10 aromatic carbocycles. The lowest BCUT2D eigenvalue weighted by molar-refractivity contribution is 0.669. The number of fused-ring (bicyclic) bond motifs is 3. The van der Waals surface area contributed by atoms with Crippen LogP contribution >= 0.6 is 0 Å². The Balaban J connectivity index is 1.13. The van der Waals surface area contributed by atoms with E-state index in [4.69, 9.17) is 4.42 Å². The Kier molecular flexibility index (Phi) is 6.02. The van der Waals surface area contributed by atoms with E-state index < -0.39 is 0 Å². The molecule has 1 aromatic heterocycles. The minimum Gasteiger partial charge on any atom is -0.456 e. The van der Waals surface area contributed by atoms with Gasteiger partial charge in [0.2, 0.25) is 0 Å². The molecule has 11 rings (SSSR count). The van der Waals surface area contributed by atoms with Gasteiger partial charge in [0.25, 0.3) is 0 Å². The van der Waals surface area contributed by atoms with Crippen LogP contribution in [-0.2, 0) is 0 Å². The molecule has 0 unspecified atom stereocenters. The third-order valence-corrected chi connectivity index (χ3v) is 10.8. The Labute approximate surface area is 295 Å². The molecule has 51 heavy (non-hydrogen) atoms. The molecule has 0 radical (unpaired) electrons. The van der Waals surface area contributed by atoms with Gasteiger partial charge in [-0.15, -0.1) is 0 Å². The number of furan rings is 1. The maximum atomic E-state index is 6.29. The van der Waals surface area contributed by atoms with Crippen LogP contribution in [0.2, 0.25) is 0 Å². The van der Waals surface area contributed by atoms with Gasteiger partial charge in [-0.3, -0.25) is 0 Å². The van der Waals surface area contributed by atoms with Crippen molar-refractivity contribution in [1.82, 2.24) is 0 Å². The van der Waals surface area contributed by atoms with E-state index in [1.54, 1.807) is 0 Å². The highest BCUT2D eigenvalue weighted by atomic mass is 16.3. The monoisotopic (exact) mass is 646 g/mol. The molecule has 0 spiro atoms. The van der Waals surface area contributed by atoms with Gasteiger partial charge in [0.15, 0.2) is 0 Å². The van der Waals surface area contributed by atoms with Crippen molar-refractivity contribution >= 4 is 65.0 Å². The average Bonchev–Trinajstić information content (AvgIpc) is 3.59. The molecular weight excluding hydrogens is 617 g/mol. The molecule has 236 valence electrons. The summed E-state index contributed by atoms with van der Waals surface area (Å²) in [4.78, 5) is 0. The smallest absolute Gasteiger partial charge is 0.136 e. The van der Waals surface area contributed by atoms with Crippen LogP contribution in [0.5, 0.6) is 0 Å². The van der Waals surface area contributed by atoms with Gasteiger partial charge in [0, 0.05) is 10.8 Å².